The minimum Gasteiger partial charge on any atom is -0.392 e. The molecule has 0 unspecified atom stereocenters. The van der Waals surface area contributed by atoms with Crippen LogP contribution in [0.4, 0.5) is 0 Å². The molecule has 2 aliphatic rings. The summed E-state index contributed by atoms with van der Waals surface area (Å²) in [6.07, 6.45) is 5.36. The van der Waals surface area contributed by atoms with Gasteiger partial charge >= 0.3 is 0 Å². The maximum absolute atomic E-state index is 10.4. The summed E-state index contributed by atoms with van der Waals surface area (Å²) in [5.74, 6) is 0.509. The highest BCUT2D eigenvalue weighted by Crippen LogP contribution is 2.53. The molecule has 3 atom stereocenters. The van der Waals surface area contributed by atoms with E-state index < -0.39 is 0 Å². The van der Waals surface area contributed by atoms with Crippen LogP contribution < -0.4 is 0 Å². The van der Waals surface area contributed by atoms with Crippen molar-refractivity contribution in [1.82, 2.24) is 0 Å². The Morgan fingerprint density at radius 1 is 1.38 bits per heavy atom. The molecule has 0 spiro atoms. The second-order valence-corrected chi connectivity index (χ2v) is 6.10. The third kappa shape index (κ3) is 1.75. The lowest BCUT2D eigenvalue weighted by molar-refractivity contribution is -0.0305. The Bertz CT molecular complexity index is 335. The van der Waals surface area contributed by atoms with Gasteiger partial charge in [0.05, 0.1) is 6.10 Å². The maximum Gasteiger partial charge on any atom is 0.0636 e. The lowest BCUT2D eigenvalue weighted by atomic mass is 9.56. The quantitative estimate of drug-likeness (QED) is 0.615. The smallest absolute Gasteiger partial charge is 0.0636 e. The molecule has 0 saturated heterocycles. The average molecular weight is 220 g/mol. The van der Waals surface area contributed by atoms with E-state index in [4.69, 9.17) is 0 Å². The first kappa shape index (κ1) is 11.9. The van der Waals surface area contributed by atoms with Gasteiger partial charge in [0, 0.05) is 5.41 Å². The number of aliphatic hydroxyl groups is 1. The predicted molar refractivity (Wildman–Crippen MR) is 68.2 cm³/mol. The fourth-order valence-electron chi connectivity index (χ4n) is 3.49. The van der Waals surface area contributed by atoms with Crippen LogP contribution in [0.1, 0.15) is 52.9 Å². The van der Waals surface area contributed by atoms with Crippen LogP contribution in [0.15, 0.2) is 23.3 Å². The summed E-state index contributed by atoms with van der Waals surface area (Å²) >= 11 is 0. The average Bonchev–Trinajstić information content (AvgIpc) is 2.20. The van der Waals surface area contributed by atoms with Crippen molar-refractivity contribution in [1.29, 1.82) is 0 Å². The molecule has 0 radical (unpaired) electrons. The van der Waals surface area contributed by atoms with Gasteiger partial charge in [-0.25, -0.2) is 0 Å². The van der Waals surface area contributed by atoms with Gasteiger partial charge < -0.3 is 5.11 Å². The zero-order chi connectivity index (χ0) is 11.9. The largest absolute Gasteiger partial charge is 0.392 e. The first-order chi connectivity index (χ1) is 7.45. The Hall–Kier alpha value is -0.560. The lowest BCUT2D eigenvalue weighted by Crippen LogP contribution is -2.46. The second-order valence-electron chi connectivity index (χ2n) is 6.10. The molecule has 0 aromatic carbocycles. The lowest BCUT2D eigenvalue weighted by Gasteiger charge is -2.50. The van der Waals surface area contributed by atoms with E-state index >= 15 is 0 Å². The fourth-order valence-corrected chi connectivity index (χ4v) is 3.49. The Balaban J connectivity index is 2.32. The van der Waals surface area contributed by atoms with Crippen molar-refractivity contribution < 1.29 is 5.11 Å². The minimum absolute atomic E-state index is 0.0916. The Morgan fingerprint density at radius 3 is 2.69 bits per heavy atom. The summed E-state index contributed by atoms with van der Waals surface area (Å²) in [5.41, 5.74) is 4.30. The van der Waals surface area contributed by atoms with Gasteiger partial charge in [-0.1, -0.05) is 30.2 Å². The summed E-state index contributed by atoms with van der Waals surface area (Å²) in [7, 11) is 0. The van der Waals surface area contributed by atoms with Gasteiger partial charge in [0.25, 0.3) is 0 Å². The van der Waals surface area contributed by atoms with Crippen molar-refractivity contribution in [3.8, 4) is 0 Å². The molecule has 0 heterocycles. The van der Waals surface area contributed by atoms with Gasteiger partial charge in [0.1, 0.15) is 0 Å². The highest BCUT2D eigenvalue weighted by Gasteiger charge is 2.47. The van der Waals surface area contributed by atoms with Gasteiger partial charge in [0.15, 0.2) is 0 Å². The Kier molecular flexibility index (Phi) is 3.00. The Labute approximate surface area is 99.3 Å². The molecule has 1 heteroatoms. The van der Waals surface area contributed by atoms with Crippen LogP contribution in [0.2, 0.25) is 0 Å². The van der Waals surface area contributed by atoms with Gasteiger partial charge in [-0.05, 0) is 51.9 Å². The fraction of sp³-hybridized carbons (Fsp3) is 0.733. The van der Waals surface area contributed by atoms with E-state index in [1.807, 2.05) is 0 Å². The van der Waals surface area contributed by atoms with E-state index in [0.717, 1.165) is 25.7 Å². The third-order valence-corrected chi connectivity index (χ3v) is 4.86. The molecule has 0 aromatic rings. The van der Waals surface area contributed by atoms with Gasteiger partial charge in [-0.15, -0.1) is 0 Å². The van der Waals surface area contributed by atoms with Crippen molar-refractivity contribution in [3.63, 3.8) is 0 Å². The molecule has 0 aliphatic heterocycles. The summed E-state index contributed by atoms with van der Waals surface area (Å²) in [4.78, 5) is 0. The first-order valence-corrected chi connectivity index (χ1v) is 6.46. The molecule has 2 rings (SSSR count). The molecule has 0 bridgehead atoms. The molecule has 90 valence electrons. The van der Waals surface area contributed by atoms with Crippen molar-refractivity contribution in [2.45, 2.75) is 59.0 Å². The third-order valence-electron chi connectivity index (χ3n) is 4.86. The van der Waals surface area contributed by atoms with Crippen molar-refractivity contribution in [2.24, 2.45) is 11.3 Å². The monoisotopic (exact) mass is 220 g/mol. The Morgan fingerprint density at radius 2 is 2.06 bits per heavy atom. The second kappa shape index (κ2) is 4.03. The van der Waals surface area contributed by atoms with Crippen molar-refractivity contribution in [2.75, 3.05) is 0 Å². The van der Waals surface area contributed by atoms with E-state index in [0.29, 0.717) is 5.92 Å². The van der Waals surface area contributed by atoms with Crippen LogP contribution >= 0.6 is 0 Å². The van der Waals surface area contributed by atoms with Crippen molar-refractivity contribution in [3.05, 3.63) is 23.3 Å². The molecule has 0 aromatic heterocycles. The number of aliphatic hydroxyl groups excluding tert-OH is 1. The van der Waals surface area contributed by atoms with Crippen LogP contribution in [0.3, 0.4) is 0 Å². The molecule has 1 N–H and O–H groups in total. The van der Waals surface area contributed by atoms with E-state index in [9.17, 15) is 5.11 Å². The minimum atomic E-state index is -0.173. The first-order valence-electron chi connectivity index (χ1n) is 6.46. The zero-order valence-electron chi connectivity index (χ0n) is 10.8. The number of allylic oxidation sites excluding steroid dienone is 2. The van der Waals surface area contributed by atoms with Crippen LogP contribution in [0, 0.1) is 11.3 Å². The number of hydrogen-bond donors (Lipinski definition) is 1. The van der Waals surface area contributed by atoms with Crippen LogP contribution in [-0.2, 0) is 0 Å². The summed E-state index contributed by atoms with van der Waals surface area (Å²) < 4.78 is 0. The maximum atomic E-state index is 10.4. The van der Waals surface area contributed by atoms with Crippen LogP contribution in [0.5, 0.6) is 0 Å². The van der Waals surface area contributed by atoms with Gasteiger partial charge in [-0.2, -0.15) is 0 Å². The van der Waals surface area contributed by atoms with Gasteiger partial charge in [-0.3, -0.25) is 0 Å². The highest BCUT2D eigenvalue weighted by atomic mass is 16.3. The number of fused-ring (bicyclic) bond motifs is 1. The molecule has 2 fully saturated rings. The highest BCUT2D eigenvalue weighted by molar-refractivity contribution is 5.24. The molecule has 16 heavy (non-hydrogen) atoms. The summed E-state index contributed by atoms with van der Waals surface area (Å²) in [5, 5.41) is 10.4. The van der Waals surface area contributed by atoms with Crippen LogP contribution in [0.25, 0.3) is 0 Å². The SMILES string of the molecule is C=C1CCC[C@]2(C)[C@H](O)CC(=C(C)C)C[C@@H]12. The molecule has 2 saturated carbocycles. The molecule has 1 nitrogen and oxygen atoms in total. The van der Waals surface area contributed by atoms with E-state index in [2.05, 4.69) is 27.4 Å². The van der Waals surface area contributed by atoms with Crippen LogP contribution in [-0.4, -0.2) is 11.2 Å². The zero-order valence-corrected chi connectivity index (χ0v) is 10.8. The van der Waals surface area contributed by atoms with Crippen molar-refractivity contribution >= 4 is 0 Å². The summed E-state index contributed by atoms with van der Waals surface area (Å²) in [6, 6.07) is 0. The standard InChI is InChI=1S/C15H24O/c1-10(2)12-8-13-11(3)6-5-7-15(13,4)14(16)9-12/h13-14,16H,3,5-9H2,1-2,4H3/t13-,14+,15-/m0/s1. The predicted octanol–water partition coefficient (Wildman–Crippen LogP) is 3.84. The van der Waals surface area contributed by atoms with E-state index in [1.165, 1.54) is 23.1 Å². The normalized spacial score (nSPS) is 39.5. The molecule has 2 aliphatic carbocycles. The topological polar surface area (TPSA) is 20.2 Å². The number of hydrogen-bond acceptors (Lipinski definition) is 1. The van der Waals surface area contributed by atoms with E-state index in [1.54, 1.807) is 0 Å². The van der Waals surface area contributed by atoms with Gasteiger partial charge in [0.2, 0.25) is 0 Å². The number of rotatable bonds is 0. The molecule has 0 amide bonds. The molecular weight excluding hydrogens is 196 g/mol. The summed E-state index contributed by atoms with van der Waals surface area (Å²) in [6.45, 7) is 10.8. The van der Waals surface area contributed by atoms with E-state index in [-0.39, 0.29) is 11.5 Å². The molecular formula is C15H24O.